The predicted molar refractivity (Wildman–Crippen MR) is 137 cm³/mol. The Labute approximate surface area is 209 Å². The number of carboxylic acid groups (broad SMARTS) is 1. The standard InChI is InChI=1S/C27H29N3O6/c1-17-6-4-5-7-23(17)29-27(34)30-24-13-8-19(15-25(24)35-3)14-21(31)16-28-18(2)36-22-11-9-20(10-12-22)26(32)33/h4-13,15,18,28H,14,16H2,1-3H3,(H,32,33)(H2,29,30,34). The molecule has 3 aromatic carbocycles. The molecule has 4 N–H and O–H groups in total. The number of rotatable bonds is 11. The lowest BCUT2D eigenvalue weighted by molar-refractivity contribution is -0.118. The van der Waals surface area contributed by atoms with E-state index in [9.17, 15) is 14.4 Å². The van der Waals surface area contributed by atoms with E-state index in [0.29, 0.717) is 22.9 Å². The maximum atomic E-state index is 12.5. The fourth-order valence-corrected chi connectivity index (χ4v) is 3.41. The monoisotopic (exact) mass is 491 g/mol. The molecular weight excluding hydrogens is 462 g/mol. The van der Waals surface area contributed by atoms with Crippen molar-refractivity contribution in [1.29, 1.82) is 0 Å². The van der Waals surface area contributed by atoms with E-state index in [2.05, 4.69) is 16.0 Å². The summed E-state index contributed by atoms with van der Waals surface area (Å²) in [6, 6.07) is 18.3. The van der Waals surface area contributed by atoms with Crippen LogP contribution in [0.25, 0.3) is 0 Å². The first-order valence-corrected chi connectivity index (χ1v) is 11.3. The molecule has 0 saturated carbocycles. The van der Waals surface area contributed by atoms with Crippen LogP contribution in [0.2, 0.25) is 0 Å². The molecule has 0 radical (unpaired) electrons. The minimum Gasteiger partial charge on any atom is -0.495 e. The Morgan fingerprint density at radius 1 is 0.944 bits per heavy atom. The molecule has 1 atom stereocenters. The number of methoxy groups -OCH3 is 1. The second kappa shape index (κ2) is 12.4. The van der Waals surface area contributed by atoms with Crippen molar-refractivity contribution in [2.24, 2.45) is 0 Å². The molecule has 0 bridgehead atoms. The molecule has 0 heterocycles. The summed E-state index contributed by atoms with van der Waals surface area (Å²) in [5.41, 5.74) is 3.04. The van der Waals surface area contributed by atoms with Gasteiger partial charge in [0.25, 0.3) is 0 Å². The molecule has 3 aromatic rings. The van der Waals surface area contributed by atoms with Gasteiger partial charge in [-0.25, -0.2) is 9.59 Å². The number of hydrogen-bond donors (Lipinski definition) is 4. The highest BCUT2D eigenvalue weighted by Gasteiger charge is 2.13. The number of ether oxygens (including phenoxy) is 2. The number of aryl methyl sites for hydroxylation is 1. The maximum Gasteiger partial charge on any atom is 0.335 e. The van der Waals surface area contributed by atoms with Crippen molar-refractivity contribution < 1.29 is 29.0 Å². The molecule has 188 valence electrons. The molecule has 0 aromatic heterocycles. The normalized spacial score (nSPS) is 11.3. The Balaban J connectivity index is 1.50. The molecule has 0 saturated heterocycles. The quantitative estimate of drug-likeness (QED) is 0.292. The number of amides is 2. The number of urea groups is 1. The van der Waals surface area contributed by atoms with Crippen LogP contribution in [0.1, 0.15) is 28.4 Å². The van der Waals surface area contributed by atoms with E-state index in [0.717, 1.165) is 11.1 Å². The summed E-state index contributed by atoms with van der Waals surface area (Å²) in [5, 5.41) is 17.5. The lowest BCUT2D eigenvalue weighted by Gasteiger charge is -2.16. The first-order chi connectivity index (χ1) is 17.2. The summed E-state index contributed by atoms with van der Waals surface area (Å²) in [4.78, 5) is 35.8. The van der Waals surface area contributed by atoms with E-state index in [-0.39, 0.29) is 24.3 Å². The number of carbonyl (C=O) groups is 3. The van der Waals surface area contributed by atoms with Gasteiger partial charge >= 0.3 is 12.0 Å². The average Bonchev–Trinajstić information content (AvgIpc) is 2.85. The molecule has 0 spiro atoms. The van der Waals surface area contributed by atoms with Crippen molar-refractivity contribution in [3.8, 4) is 11.5 Å². The first-order valence-electron chi connectivity index (χ1n) is 11.3. The summed E-state index contributed by atoms with van der Waals surface area (Å²) in [6.45, 7) is 3.74. The Morgan fingerprint density at radius 2 is 1.64 bits per heavy atom. The van der Waals surface area contributed by atoms with Crippen molar-refractivity contribution in [2.45, 2.75) is 26.5 Å². The lowest BCUT2D eigenvalue weighted by atomic mass is 10.1. The third-order valence-corrected chi connectivity index (χ3v) is 5.31. The van der Waals surface area contributed by atoms with Gasteiger partial charge in [0.15, 0.2) is 5.78 Å². The highest BCUT2D eigenvalue weighted by atomic mass is 16.5. The van der Waals surface area contributed by atoms with E-state index in [1.807, 2.05) is 31.2 Å². The second-order valence-corrected chi connectivity index (χ2v) is 8.11. The molecule has 0 aliphatic rings. The number of ketones is 1. The van der Waals surface area contributed by atoms with Gasteiger partial charge in [-0.15, -0.1) is 0 Å². The van der Waals surface area contributed by atoms with Crippen LogP contribution >= 0.6 is 0 Å². The number of aromatic carboxylic acids is 1. The lowest BCUT2D eigenvalue weighted by Crippen LogP contribution is -2.36. The largest absolute Gasteiger partial charge is 0.495 e. The summed E-state index contributed by atoms with van der Waals surface area (Å²) < 4.78 is 11.1. The smallest absolute Gasteiger partial charge is 0.335 e. The van der Waals surface area contributed by atoms with Gasteiger partial charge in [0.2, 0.25) is 0 Å². The molecule has 1 unspecified atom stereocenters. The van der Waals surface area contributed by atoms with Crippen molar-refractivity contribution in [2.75, 3.05) is 24.3 Å². The molecular formula is C27H29N3O6. The molecule has 9 nitrogen and oxygen atoms in total. The van der Waals surface area contributed by atoms with Crippen molar-refractivity contribution in [1.82, 2.24) is 5.32 Å². The van der Waals surface area contributed by atoms with Crippen LogP contribution in [0.5, 0.6) is 11.5 Å². The van der Waals surface area contributed by atoms with Crippen LogP contribution in [-0.4, -0.2) is 42.8 Å². The van der Waals surface area contributed by atoms with E-state index in [1.54, 1.807) is 37.3 Å². The highest BCUT2D eigenvalue weighted by Crippen LogP contribution is 2.26. The Bertz CT molecular complexity index is 1230. The van der Waals surface area contributed by atoms with E-state index >= 15 is 0 Å². The van der Waals surface area contributed by atoms with Crippen LogP contribution in [0.15, 0.2) is 66.7 Å². The van der Waals surface area contributed by atoms with Gasteiger partial charge in [-0.2, -0.15) is 0 Å². The SMILES string of the molecule is COc1cc(CC(=O)CNC(C)Oc2ccc(C(=O)O)cc2)ccc1NC(=O)Nc1ccccc1C. The zero-order valence-electron chi connectivity index (χ0n) is 20.3. The summed E-state index contributed by atoms with van der Waals surface area (Å²) in [6.07, 6.45) is -0.295. The van der Waals surface area contributed by atoms with Gasteiger partial charge < -0.3 is 25.2 Å². The summed E-state index contributed by atoms with van der Waals surface area (Å²) in [5.74, 6) is -0.141. The fraction of sp³-hybridized carbons (Fsp3) is 0.222. The zero-order valence-corrected chi connectivity index (χ0v) is 20.3. The Kier molecular flexibility index (Phi) is 9.01. The minimum absolute atomic E-state index is 0.0632. The van der Waals surface area contributed by atoms with Gasteiger partial charge in [0, 0.05) is 12.1 Å². The van der Waals surface area contributed by atoms with Crippen LogP contribution < -0.4 is 25.4 Å². The van der Waals surface area contributed by atoms with Crippen LogP contribution in [0.3, 0.4) is 0 Å². The van der Waals surface area contributed by atoms with Crippen molar-refractivity contribution >= 4 is 29.2 Å². The summed E-state index contributed by atoms with van der Waals surface area (Å²) in [7, 11) is 1.49. The van der Waals surface area contributed by atoms with Gasteiger partial charge in [0.1, 0.15) is 17.7 Å². The molecule has 36 heavy (non-hydrogen) atoms. The molecule has 0 fully saturated rings. The number of carboxylic acids is 1. The number of para-hydroxylation sites is 1. The molecule has 3 rings (SSSR count). The average molecular weight is 492 g/mol. The maximum absolute atomic E-state index is 12.5. The van der Waals surface area contributed by atoms with E-state index < -0.39 is 18.2 Å². The molecule has 2 amide bonds. The van der Waals surface area contributed by atoms with E-state index in [4.69, 9.17) is 14.6 Å². The van der Waals surface area contributed by atoms with Crippen LogP contribution in [0, 0.1) is 6.92 Å². The first kappa shape index (κ1) is 26.2. The minimum atomic E-state index is -1.01. The number of carbonyl (C=O) groups excluding carboxylic acids is 2. The fourth-order valence-electron chi connectivity index (χ4n) is 3.41. The number of nitrogens with one attached hydrogen (secondary N) is 3. The number of benzene rings is 3. The third-order valence-electron chi connectivity index (χ3n) is 5.31. The van der Waals surface area contributed by atoms with Crippen LogP contribution in [-0.2, 0) is 11.2 Å². The van der Waals surface area contributed by atoms with Crippen LogP contribution in [0.4, 0.5) is 16.2 Å². The van der Waals surface area contributed by atoms with Gasteiger partial charge in [-0.05, 0) is 67.4 Å². The topological polar surface area (TPSA) is 126 Å². The highest BCUT2D eigenvalue weighted by molar-refractivity contribution is 6.01. The summed E-state index contributed by atoms with van der Waals surface area (Å²) >= 11 is 0. The molecule has 0 aliphatic heterocycles. The van der Waals surface area contributed by atoms with Gasteiger partial charge in [-0.3, -0.25) is 10.1 Å². The zero-order chi connectivity index (χ0) is 26.1. The Hall–Kier alpha value is -4.37. The number of Topliss-reactive ketones (excluding diaryl/α,β-unsaturated/α-hetero) is 1. The third kappa shape index (κ3) is 7.57. The van der Waals surface area contributed by atoms with Crippen molar-refractivity contribution in [3.63, 3.8) is 0 Å². The van der Waals surface area contributed by atoms with E-state index in [1.165, 1.54) is 19.2 Å². The second-order valence-electron chi connectivity index (χ2n) is 8.11. The van der Waals surface area contributed by atoms with Gasteiger partial charge in [-0.1, -0.05) is 24.3 Å². The number of hydrogen-bond acceptors (Lipinski definition) is 6. The molecule has 9 heteroatoms. The molecule has 0 aliphatic carbocycles. The van der Waals surface area contributed by atoms with Crippen molar-refractivity contribution in [3.05, 3.63) is 83.4 Å². The predicted octanol–water partition coefficient (Wildman–Crippen LogP) is 4.47. The van der Waals surface area contributed by atoms with Gasteiger partial charge in [0.05, 0.1) is 24.9 Å². The number of anilines is 2. The Morgan fingerprint density at radius 3 is 2.31 bits per heavy atom.